The van der Waals surface area contributed by atoms with Crippen LogP contribution in [0.25, 0.3) is 44.3 Å². The monoisotopic (exact) mass is 624 g/mol. The maximum absolute atomic E-state index is 12.6. The molecule has 1 aliphatic heterocycles. The number of aromatic nitrogens is 1. The van der Waals surface area contributed by atoms with Gasteiger partial charge in [0, 0.05) is 41.6 Å². The summed E-state index contributed by atoms with van der Waals surface area (Å²) >= 11 is 6.28. The summed E-state index contributed by atoms with van der Waals surface area (Å²) in [5.41, 5.74) is 3.72. The van der Waals surface area contributed by atoms with Crippen LogP contribution in [-0.4, -0.2) is 41.4 Å². The average Bonchev–Trinajstić information content (AvgIpc) is 3.03. The topological polar surface area (TPSA) is 148 Å². The van der Waals surface area contributed by atoms with E-state index in [4.69, 9.17) is 25.5 Å². The fourth-order valence-corrected chi connectivity index (χ4v) is 5.54. The Bertz CT molecular complexity index is 2180. The molecule has 1 aliphatic carbocycles. The van der Waals surface area contributed by atoms with Crippen LogP contribution < -0.4 is 10.7 Å². The molecule has 3 N–H and O–H groups in total. The number of aromatic carboxylic acids is 1. The van der Waals surface area contributed by atoms with E-state index in [9.17, 15) is 24.6 Å². The van der Waals surface area contributed by atoms with Crippen LogP contribution in [0.1, 0.15) is 32.0 Å². The third-order valence-corrected chi connectivity index (χ3v) is 7.81. The van der Waals surface area contributed by atoms with Crippen molar-refractivity contribution in [3.63, 3.8) is 0 Å². The summed E-state index contributed by atoms with van der Waals surface area (Å²) in [6.45, 7) is 0.227. The molecule has 2 heterocycles. The summed E-state index contributed by atoms with van der Waals surface area (Å²) in [6, 6.07) is 19.4. The SMILES string of the molecule is COCc1ccc(C(=O)O)cc1-c1c2cc(Cl)c(=O)cc-2oc2c(CNc3cccc4ccc(C(=O)OC)nc34)c(O)ccc12. The molecule has 0 bridgehead atoms. The Morgan fingerprint density at radius 2 is 1.82 bits per heavy atom. The minimum atomic E-state index is -1.11. The van der Waals surface area contributed by atoms with E-state index in [-0.39, 0.29) is 46.5 Å². The van der Waals surface area contributed by atoms with Crippen LogP contribution in [0.5, 0.6) is 5.75 Å². The number of fused-ring (bicyclic) bond motifs is 3. The third-order valence-electron chi connectivity index (χ3n) is 7.52. The number of ether oxygens (including phenoxy) is 2. The van der Waals surface area contributed by atoms with Crippen LogP contribution in [0.4, 0.5) is 5.69 Å². The van der Waals surface area contributed by atoms with Crippen LogP contribution in [-0.2, 0) is 22.6 Å². The number of phenols is 1. The number of benzene rings is 4. The number of pyridine rings is 1. The van der Waals surface area contributed by atoms with Gasteiger partial charge in [0.1, 0.15) is 22.8 Å². The largest absolute Gasteiger partial charge is 0.507 e. The number of halogens is 1. The third kappa shape index (κ3) is 5.41. The number of hydrogen-bond acceptors (Lipinski definition) is 9. The molecule has 45 heavy (non-hydrogen) atoms. The predicted octanol–water partition coefficient (Wildman–Crippen LogP) is 6.72. The number of nitrogens with zero attached hydrogens (tertiary/aromatic N) is 1. The van der Waals surface area contributed by atoms with Crippen molar-refractivity contribution in [1.29, 1.82) is 0 Å². The zero-order chi connectivity index (χ0) is 31.8. The molecule has 0 atom stereocenters. The van der Waals surface area contributed by atoms with Gasteiger partial charge in [-0.3, -0.25) is 4.79 Å². The summed E-state index contributed by atoms with van der Waals surface area (Å²) in [7, 11) is 2.81. The molecular formula is C34H25ClN2O8. The normalized spacial score (nSPS) is 11.3. The van der Waals surface area contributed by atoms with Gasteiger partial charge in [0.05, 0.1) is 41.1 Å². The smallest absolute Gasteiger partial charge is 0.356 e. The highest BCUT2D eigenvalue weighted by Gasteiger charge is 2.24. The van der Waals surface area contributed by atoms with Crippen molar-refractivity contribution in [3.8, 4) is 28.2 Å². The standard InChI is InChI=1S/C34H25ClN2O8/c1-43-16-19-7-6-18(33(40)41)12-21(19)30-20-9-11-27(38)23(32(20)45-29-14-28(39)24(35)13-22(29)30)15-36-25-5-3-4-17-8-10-26(34(42)44-2)37-31(17)25/h3-14,36,38H,15-16H2,1-2H3,(H,40,41). The molecule has 4 aromatic rings. The number of carboxylic acid groups (broad SMARTS) is 1. The molecule has 6 rings (SSSR count). The molecule has 3 aromatic carbocycles. The van der Waals surface area contributed by atoms with E-state index in [2.05, 4.69) is 10.3 Å². The first-order valence-corrected chi connectivity index (χ1v) is 14.1. The second-order valence-corrected chi connectivity index (χ2v) is 10.6. The highest BCUT2D eigenvalue weighted by atomic mass is 35.5. The van der Waals surface area contributed by atoms with Crippen LogP contribution >= 0.6 is 11.6 Å². The van der Waals surface area contributed by atoms with Crippen LogP contribution in [0.2, 0.25) is 5.02 Å². The predicted molar refractivity (Wildman–Crippen MR) is 169 cm³/mol. The number of nitrogens with one attached hydrogen (secondary N) is 1. The fraction of sp³-hybridized carbons (Fsp3) is 0.118. The van der Waals surface area contributed by atoms with Crippen LogP contribution in [0, 0.1) is 0 Å². The summed E-state index contributed by atoms with van der Waals surface area (Å²) in [5, 5.41) is 25.4. The maximum Gasteiger partial charge on any atom is 0.356 e. The van der Waals surface area contributed by atoms with Gasteiger partial charge in [-0.05, 0) is 53.6 Å². The average molecular weight is 625 g/mol. The minimum Gasteiger partial charge on any atom is -0.507 e. The second kappa shape index (κ2) is 11.9. The molecule has 0 fully saturated rings. The highest BCUT2D eigenvalue weighted by Crippen LogP contribution is 2.45. The summed E-state index contributed by atoms with van der Waals surface area (Å²) in [6.07, 6.45) is 0. The van der Waals surface area contributed by atoms with Gasteiger partial charge in [-0.1, -0.05) is 35.9 Å². The van der Waals surface area contributed by atoms with Crippen LogP contribution in [0.3, 0.4) is 0 Å². The van der Waals surface area contributed by atoms with Gasteiger partial charge < -0.3 is 29.4 Å². The molecule has 1 aromatic heterocycles. The van der Waals surface area contributed by atoms with Crippen molar-refractivity contribution in [2.45, 2.75) is 13.2 Å². The van der Waals surface area contributed by atoms with Gasteiger partial charge in [0.2, 0.25) is 5.43 Å². The Kier molecular flexibility index (Phi) is 7.84. The number of para-hydroxylation sites is 1. The Balaban J connectivity index is 1.58. The molecule has 0 amide bonds. The lowest BCUT2D eigenvalue weighted by atomic mass is 9.89. The van der Waals surface area contributed by atoms with E-state index >= 15 is 0 Å². The lowest BCUT2D eigenvalue weighted by molar-refractivity contribution is 0.0593. The van der Waals surface area contributed by atoms with Crippen molar-refractivity contribution in [2.24, 2.45) is 0 Å². The van der Waals surface area contributed by atoms with E-state index in [0.29, 0.717) is 44.4 Å². The van der Waals surface area contributed by atoms with E-state index in [1.807, 2.05) is 12.1 Å². The number of esters is 1. The Morgan fingerprint density at radius 1 is 1.00 bits per heavy atom. The zero-order valence-corrected chi connectivity index (χ0v) is 24.8. The van der Waals surface area contributed by atoms with E-state index in [1.165, 1.54) is 44.6 Å². The Morgan fingerprint density at radius 3 is 2.58 bits per heavy atom. The van der Waals surface area contributed by atoms with Crippen molar-refractivity contribution in [1.82, 2.24) is 4.98 Å². The van der Waals surface area contributed by atoms with Crippen molar-refractivity contribution >= 4 is 51.1 Å². The molecule has 11 heteroatoms. The minimum absolute atomic E-state index is 0.0311. The number of carbonyl (C=O) groups is 2. The molecule has 0 unspecified atom stereocenters. The molecule has 226 valence electrons. The zero-order valence-electron chi connectivity index (χ0n) is 24.0. The van der Waals surface area contributed by atoms with E-state index in [1.54, 1.807) is 30.3 Å². The summed E-state index contributed by atoms with van der Waals surface area (Å²) in [5.74, 6) is -1.58. The quantitative estimate of drug-likeness (QED) is 0.123. The molecule has 0 saturated carbocycles. The number of aromatic hydroxyl groups is 1. The maximum atomic E-state index is 12.6. The number of methoxy groups -OCH3 is 2. The molecule has 0 saturated heterocycles. The van der Waals surface area contributed by atoms with Crippen molar-refractivity contribution < 1.29 is 33.7 Å². The van der Waals surface area contributed by atoms with Crippen molar-refractivity contribution in [2.75, 3.05) is 19.5 Å². The van der Waals surface area contributed by atoms with Gasteiger partial charge in [-0.15, -0.1) is 0 Å². The van der Waals surface area contributed by atoms with Gasteiger partial charge in [-0.25, -0.2) is 14.6 Å². The number of hydrogen-bond donors (Lipinski definition) is 3. The summed E-state index contributed by atoms with van der Waals surface area (Å²) < 4.78 is 16.5. The second-order valence-electron chi connectivity index (χ2n) is 10.2. The lowest BCUT2D eigenvalue weighted by Crippen LogP contribution is -2.07. The molecule has 0 radical (unpaired) electrons. The molecule has 10 nitrogen and oxygen atoms in total. The molecule has 0 spiro atoms. The lowest BCUT2D eigenvalue weighted by Gasteiger charge is -2.20. The van der Waals surface area contributed by atoms with Crippen molar-refractivity contribution in [3.05, 3.63) is 110 Å². The van der Waals surface area contributed by atoms with Crippen LogP contribution in [0.15, 0.2) is 82.0 Å². The Labute approximate surface area is 260 Å². The Hall–Kier alpha value is -5.45. The first kappa shape index (κ1) is 29.6. The fourth-order valence-electron chi connectivity index (χ4n) is 5.38. The summed E-state index contributed by atoms with van der Waals surface area (Å²) in [4.78, 5) is 41.2. The van der Waals surface area contributed by atoms with Gasteiger partial charge >= 0.3 is 11.9 Å². The highest BCUT2D eigenvalue weighted by molar-refractivity contribution is 6.31. The molecular weight excluding hydrogens is 600 g/mol. The number of carboxylic acids is 1. The number of phenolic OH excluding ortho intramolecular Hbond substituents is 1. The van der Waals surface area contributed by atoms with E-state index < -0.39 is 17.4 Å². The van der Waals surface area contributed by atoms with Gasteiger partial charge in [-0.2, -0.15) is 0 Å². The number of rotatable bonds is 8. The van der Waals surface area contributed by atoms with E-state index in [0.717, 1.165) is 5.39 Å². The number of carbonyl (C=O) groups excluding carboxylic acids is 1. The first-order chi connectivity index (χ1) is 21.7. The van der Waals surface area contributed by atoms with Gasteiger partial charge in [0.25, 0.3) is 0 Å². The number of anilines is 1. The first-order valence-electron chi connectivity index (χ1n) is 13.7. The van der Waals surface area contributed by atoms with Gasteiger partial charge in [0.15, 0.2) is 0 Å². The molecule has 2 aliphatic rings.